The number of hydrogen-bond donors (Lipinski definition) is 1. The van der Waals surface area contributed by atoms with E-state index in [1.807, 2.05) is 0 Å². The normalized spacial score (nSPS) is 13.3. The van der Waals surface area contributed by atoms with Gasteiger partial charge in [0.25, 0.3) is 0 Å². The van der Waals surface area contributed by atoms with Crippen molar-refractivity contribution in [1.29, 1.82) is 0 Å². The monoisotopic (exact) mass is 763 g/mol. The molecule has 0 radical (unpaired) electrons. The Morgan fingerprint density at radius 1 is 0.481 bits per heavy atom. The molecule has 1 aliphatic heterocycles. The summed E-state index contributed by atoms with van der Waals surface area (Å²) in [6.07, 6.45) is 41.7. The summed E-state index contributed by atoms with van der Waals surface area (Å²) in [5.74, 6) is -0.260. The van der Waals surface area contributed by atoms with E-state index in [-0.39, 0.29) is 30.7 Å². The number of unbranched alkanes of at least 4 members (excludes halogenated alkanes) is 30. The van der Waals surface area contributed by atoms with Crippen LogP contribution >= 0.6 is 0 Å². The van der Waals surface area contributed by atoms with Gasteiger partial charge in [-0.3, -0.25) is 19.3 Å². The van der Waals surface area contributed by atoms with Gasteiger partial charge in [0.15, 0.2) is 0 Å². The third-order valence-corrected chi connectivity index (χ3v) is 11.2. The summed E-state index contributed by atoms with van der Waals surface area (Å²) in [5.41, 5.74) is 0. The Kier molecular flexibility index (Phi) is 35.7. The van der Waals surface area contributed by atoms with Gasteiger partial charge in [-0.1, -0.05) is 213 Å². The average molecular weight is 763 g/mol. The largest absolute Gasteiger partial charge is 0.466 e. The highest BCUT2D eigenvalue weighted by atomic mass is 16.5. The molecule has 0 aliphatic carbocycles. The van der Waals surface area contributed by atoms with Gasteiger partial charge >= 0.3 is 11.9 Å². The predicted molar refractivity (Wildman–Crippen MR) is 228 cm³/mol. The lowest BCUT2D eigenvalue weighted by molar-refractivity contribution is -0.146. The molecular formula is C47H90N2O5. The number of amides is 1. The molecule has 7 nitrogen and oxygen atoms in total. The number of rotatable bonds is 41. The van der Waals surface area contributed by atoms with Crippen molar-refractivity contribution >= 4 is 17.8 Å². The molecule has 0 atom stereocenters. The maximum absolute atomic E-state index is 12.7. The quantitative estimate of drug-likeness (QED) is 0.0493. The SMILES string of the molecule is CCCCCCCCCCCCCCCCCCOC(=O)CC(CC(=O)OCCCCCCCCCCCCCCCCCC)NC(=O)CN1CC(C)C1. The van der Waals surface area contributed by atoms with Crippen molar-refractivity contribution in [2.75, 3.05) is 32.8 Å². The Balaban J connectivity index is 2.11. The van der Waals surface area contributed by atoms with Crippen molar-refractivity contribution in [3.63, 3.8) is 0 Å². The molecule has 318 valence electrons. The summed E-state index contributed by atoms with van der Waals surface area (Å²) < 4.78 is 11.1. The van der Waals surface area contributed by atoms with Gasteiger partial charge in [0.1, 0.15) is 0 Å². The number of esters is 2. The molecule has 1 fully saturated rings. The first-order chi connectivity index (χ1) is 26.4. The Morgan fingerprint density at radius 2 is 0.759 bits per heavy atom. The fourth-order valence-corrected chi connectivity index (χ4v) is 7.80. The van der Waals surface area contributed by atoms with Gasteiger partial charge in [0.05, 0.1) is 32.6 Å². The molecule has 1 amide bonds. The van der Waals surface area contributed by atoms with Crippen LogP contribution in [0.1, 0.15) is 239 Å². The number of hydrogen-bond acceptors (Lipinski definition) is 6. The molecule has 0 bridgehead atoms. The second-order valence-electron chi connectivity index (χ2n) is 17.0. The second-order valence-corrected chi connectivity index (χ2v) is 17.0. The number of nitrogens with one attached hydrogen (secondary N) is 1. The van der Waals surface area contributed by atoms with Crippen molar-refractivity contribution in [3.8, 4) is 0 Å². The summed E-state index contributed by atoms with van der Waals surface area (Å²) in [7, 11) is 0. The summed E-state index contributed by atoms with van der Waals surface area (Å²) in [6.45, 7) is 9.62. The minimum Gasteiger partial charge on any atom is -0.466 e. The molecule has 0 spiro atoms. The van der Waals surface area contributed by atoms with Gasteiger partial charge in [0.2, 0.25) is 5.91 Å². The van der Waals surface area contributed by atoms with Crippen molar-refractivity contribution in [3.05, 3.63) is 0 Å². The van der Waals surface area contributed by atoms with Crippen molar-refractivity contribution in [1.82, 2.24) is 10.2 Å². The molecule has 0 aromatic rings. The fraction of sp³-hybridized carbons (Fsp3) is 0.936. The molecule has 1 heterocycles. The topological polar surface area (TPSA) is 84.9 Å². The van der Waals surface area contributed by atoms with Gasteiger partial charge in [-0.05, 0) is 18.8 Å². The lowest BCUT2D eigenvalue weighted by Crippen LogP contribution is -2.51. The zero-order valence-corrected chi connectivity index (χ0v) is 36.2. The van der Waals surface area contributed by atoms with Crippen LogP contribution in [0.5, 0.6) is 0 Å². The first-order valence-corrected chi connectivity index (χ1v) is 23.8. The van der Waals surface area contributed by atoms with Crippen molar-refractivity contribution < 1.29 is 23.9 Å². The van der Waals surface area contributed by atoms with Gasteiger partial charge in [-0.2, -0.15) is 0 Å². The summed E-state index contributed by atoms with van der Waals surface area (Å²) in [6, 6.07) is -0.604. The van der Waals surface area contributed by atoms with Crippen LogP contribution in [0.15, 0.2) is 0 Å². The van der Waals surface area contributed by atoms with Crippen LogP contribution in [0.4, 0.5) is 0 Å². The molecule has 1 aliphatic rings. The molecule has 7 heteroatoms. The van der Waals surface area contributed by atoms with E-state index in [0.717, 1.165) is 38.8 Å². The zero-order valence-electron chi connectivity index (χ0n) is 36.2. The van der Waals surface area contributed by atoms with E-state index < -0.39 is 6.04 Å². The summed E-state index contributed by atoms with van der Waals surface area (Å²) >= 11 is 0. The molecule has 0 unspecified atom stereocenters. The van der Waals surface area contributed by atoms with E-state index in [0.29, 0.717) is 25.7 Å². The first kappa shape index (κ1) is 50.4. The third kappa shape index (κ3) is 33.7. The Labute approximate surface area is 335 Å². The van der Waals surface area contributed by atoms with Crippen LogP contribution in [0.3, 0.4) is 0 Å². The van der Waals surface area contributed by atoms with Crippen LogP contribution in [-0.2, 0) is 23.9 Å². The summed E-state index contributed by atoms with van der Waals surface area (Å²) in [4.78, 5) is 40.2. The zero-order chi connectivity index (χ0) is 39.2. The second kappa shape index (κ2) is 38.3. The maximum atomic E-state index is 12.7. The Morgan fingerprint density at radius 3 is 1.04 bits per heavy atom. The number of likely N-dealkylation sites (tertiary alicyclic amines) is 1. The van der Waals surface area contributed by atoms with E-state index >= 15 is 0 Å². The van der Waals surface area contributed by atoms with E-state index in [1.54, 1.807) is 0 Å². The molecule has 1 N–H and O–H groups in total. The standard InChI is InChI=1S/C47H90N2O5/c1-4-6-8-10-12-14-16-18-20-22-24-26-28-30-32-34-36-53-46(51)38-44(48-45(50)42-49-40-43(3)41-49)39-47(52)54-37-35-33-31-29-27-25-23-21-19-17-15-13-11-9-7-5-2/h43-44H,4-42H2,1-3H3,(H,48,50). The molecule has 1 rings (SSSR count). The van der Waals surface area contributed by atoms with Crippen molar-refractivity contribution in [2.45, 2.75) is 245 Å². The molecule has 0 aromatic heterocycles. The smallest absolute Gasteiger partial charge is 0.307 e. The van der Waals surface area contributed by atoms with Gasteiger partial charge < -0.3 is 14.8 Å². The van der Waals surface area contributed by atoms with Crippen LogP contribution in [0.25, 0.3) is 0 Å². The number of ether oxygens (including phenoxy) is 2. The number of nitrogens with zero attached hydrogens (tertiary/aromatic N) is 1. The van der Waals surface area contributed by atoms with E-state index in [9.17, 15) is 14.4 Å². The Bertz CT molecular complexity index is 809. The minimum absolute atomic E-state index is 0.00481. The lowest BCUT2D eigenvalue weighted by Gasteiger charge is -2.36. The predicted octanol–water partition coefficient (Wildman–Crippen LogP) is 12.8. The lowest BCUT2D eigenvalue weighted by atomic mass is 10.0. The molecule has 0 saturated carbocycles. The molecule has 1 saturated heterocycles. The van der Waals surface area contributed by atoms with E-state index in [4.69, 9.17) is 9.47 Å². The van der Waals surface area contributed by atoms with Crippen LogP contribution < -0.4 is 5.32 Å². The number of carbonyl (C=O) groups excluding carboxylic acids is 3. The molecule has 0 aromatic carbocycles. The van der Waals surface area contributed by atoms with Gasteiger partial charge in [0, 0.05) is 19.1 Å². The highest BCUT2D eigenvalue weighted by molar-refractivity contribution is 5.81. The fourth-order valence-electron chi connectivity index (χ4n) is 7.80. The van der Waals surface area contributed by atoms with Gasteiger partial charge in [-0.25, -0.2) is 0 Å². The number of carbonyl (C=O) groups is 3. The van der Waals surface area contributed by atoms with Crippen molar-refractivity contribution in [2.24, 2.45) is 5.92 Å². The highest BCUT2D eigenvalue weighted by Gasteiger charge is 2.27. The average Bonchev–Trinajstić information content (AvgIpc) is 3.13. The van der Waals surface area contributed by atoms with Crippen LogP contribution in [-0.4, -0.2) is 61.6 Å². The van der Waals surface area contributed by atoms with E-state index in [2.05, 4.69) is 31.0 Å². The molecular weight excluding hydrogens is 673 g/mol. The van der Waals surface area contributed by atoms with Crippen LogP contribution in [0, 0.1) is 5.92 Å². The summed E-state index contributed by atoms with van der Waals surface area (Å²) in [5, 5.41) is 2.93. The first-order valence-electron chi connectivity index (χ1n) is 23.8. The van der Waals surface area contributed by atoms with E-state index in [1.165, 1.54) is 180 Å². The highest BCUT2D eigenvalue weighted by Crippen LogP contribution is 2.16. The van der Waals surface area contributed by atoms with Gasteiger partial charge in [-0.15, -0.1) is 0 Å². The van der Waals surface area contributed by atoms with Crippen LogP contribution in [0.2, 0.25) is 0 Å². The Hall–Kier alpha value is -1.63. The molecule has 54 heavy (non-hydrogen) atoms. The minimum atomic E-state index is -0.604. The maximum Gasteiger partial charge on any atom is 0.307 e. The third-order valence-electron chi connectivity index (χ3n) is 11.2.